The third-order valence-corrected chi connectivity index (χ3v) is 18.1. The number of allylic oxidation sites excluding steroid dienone is 9. The number of nitrogens with zero attached hydrogens (tertiary/aromatic N) is 1. The van der Waals surface area contributed by atoms with Gasteiger partial charge in [0, 0.05) is 12.8 Å². The molecule has 0 heterocycles. The number of carbonyl (C=O) groups excluding carboxylic acids is 2. The van der Waals surface area contributed by atoms with Crippen molar-refractivity contribution >= 4 is 19.7 Å². The van der Waals surface area contributed by atoms with Crippen LogP contribution in [0, 0.1) is 0 Å². The average Bonchev–Trinajstić information content (AvgIpc) is 3.71. The first kappa shape index (κ1) is 85.7. The van der Waals surface area contributed by atoms with Gasteiger partial charge in [-0.1, -0.05) is 326 Å². The lowest BCUT2D eigenvalue weighted by molar-refractivity contribution is -0.870. The number of phosphoric acid groups is 1. The van der Waals surface area contributed by atoms with Gasteiger partial charge in [-0.2, -0.15) is 0 Å². The Morgan fingerprint density at radius 1 is 0.398 bits per heavy atom. The highest BCUT2D eigenvalue weighted by Gasteiger charge is 2.27. The molecule has 0 aromatic carbocycles. The molecule has 516 valence electrons. The van der Waals surface area contributed by atoms with Gasteiger partial charge in [0.2, 0.25) is 5.91 Å². The van der Waals surface area contributed by atoms with E-state index in [0.717, 1.165) is 70.6 Å². The number of unbranched alkanes of at least 4 members (excludes halogenated alkanes) is 46. The molecule has 3 unspecified atom stereocenters. The maximum atomic E-state index is 13.6. The summed E-state index contributed by atoms with van der Waals surface area (Å²) in [6, 6.07) is -0.889. The van der Waals surface area contributed by atoms with E-state index in [4.69, 9.17) is 13.8 Å². The van der Waals surface area contributed by atoms with Crippen molar-refractivity contribution < 1.29 is 37.3 Å². The van der Waals surface area contributed by atoms with E-state index < -0.39 is 20.0 Å². The van der Waals surface area contributed by atoms with Crippen LogP contribution in [0.15, 0.2) is 60.8 Å². The number of hydrogen-bond donors (Lipinski definition) is 1. The number of ether oxygens (including phenoxy) is 1. The van der Waals surface area contributed by atoms with Gasteiger partial charge in [0.25, 0.3) is 7.82 Å². The van der Waals surface area contributed by atoms with Crippen molar-refractivity contribution in [3.8, 4) is 0 Å². The highest BCUT2D eigenvalue weighted by Crippen LogP contribution is 2.38. The molecule has 3 atom stereocenters. The number of carbonyl (C=O) groups is 2. The van der Waals surface area contributed by atoms with Crippen LogP contribution in [0.4, 0.5) is 0 Å². The first-order valence-electron chi connectivity index (χ1n) is 38.1. The van der Waals surface area contributed by atoms with Gasteiger partial charge >= 0.3 is 5.97 Å². The second-order valence-electron chi connectivity index (χ2n) is 27.1. The Bertz CT molecular complexity index is 1690. The van der Waals surface area contributed by atoms with E-state index in [2.05, 4.69) is 74.7 Å². The monoisotopic (exact) mass is 1260 g/mol. The Morgan fingerprint density at radius 2 is 0.693 bits per heavy atom. The molecule has 1 N–H and O–H groups in total. The molecule has 9 nitrogen and oxygen atoms in total. The normalized spacial score (nSPS) is 13.8. The quantitative estimate of drug-likeness (QED) is 0.0212. The van der Waals surface area contributed by atoms with Gasteiger partial charge in [0.05, 0.1) is 33.8 Å². The Kier molecular flexibility index (Phi) is 65.8. The smallest absolute Gasteiger partial charge is 0.306 e. The minimum atomic E-state index is -4.71. The molecule has 0 aromatic rings. The molecule has 10 heteroatoms. The van der Waals surface area contributed by atoms with E-state index in [-0.39, 0.29) is 31.5 Å². The van der Waals surface area contributed by atoms with Crippen molar-refractivity contribution in [3.63, 3.8) is 0 Å². The van der Waals surface area contributed by atoms with Gasteiger partial charge in [0.1, 0.15) is 19.3 Å². The number of hydrogen-bond acceptors (Lipinski definition) is 7. The molecule has 0 aromatic heterocycles. The van der Waals surface area contributed by atoms with Gasteiger partial charge in [-0.25, -0.2) is 0 Å². The summed E-state index contributed by atoms with van der Waals surface area (Å²) in [6.45, 7) is 6.85. The molecule has 0 spiro atoms. The summed E-state index contributed by atoms with van der Waals surface area (Å²) in [5.41, 5.74) is 0. The Morgan fingerprint density at radius 3 is 1.05 bits per heavy atom. The summed E-state index contributed by atoms with van der Waals surface area (Å²) in [5.74, 6) is -0.524. The molecule has 0 aliphatic carbocycles. The minimum Gasteiger partial charge on any atom is -0.756 e. The number of rotatable bonds is 70. The van der Waals surface area contributed by atoms with Crippen molar-refractivity contribution in [2.45, 2.75) is 386 Å². The standard InChI is InChI=1S/C78H147N2O7P/c1-7-10-13-16-19-22-25-28-30-32-34-36-38-40-42-44-46-48-50-52-55-58-61-64-67-70-77(81)79-75(74-86-88(83,84)85-73-72-80(4,5)6)76(69-66-63-60-57-54-27-24-21-18-15-12-9-3)87-78(82)71-68-65-62-59-56-53-51-49-47-45-43-41-39-37-35-33-31-29-26-23-20-17-14-11-8-2/h19-20,22-23,28-31,66,69,75-76H,7-18,21,24-27,32-65,67-68,70-74H2,1-6H3,(H-,79,81,83,84)/b22-19-,23-20-,30-28-,31-29-,69-66+. The third kappa shape index (κ3) is 68.1. The van der Waals surface area contributed by atoms with Crippen LogP contribution in [0.1, 0.15) is 374 Å². The largest absolute Gasteiger partial charge is 0.756 e. The van der Waals surface area contributed by atoms with E-state index in [9.17, 15) is 19.0 Å². The molecule has 0 rings (SSSR count). The zero-order valence-electron chi connectivity index (χ0n) is 59.2. The summed E-state index contributed by atoms with van der Waals surface area (Å²) < 4.78 is 30.5. The van der Waals surface area contributed by atoms with Crippen molar-refractivity contribution in [1.29, 1.82) is 0 Å². The number of phosphoric ester groups is 1. The molecule has 0 aliphatic rings. The maximum absolute atomic E-state index is 13.6. The molecule has 0 bridgehead atoms. The molecular formula is C78H147N2O7P. The molecule has 88 heavy (non-hydrogen) atoms. The third-order valence-electron chi connectivity index (χ3n) is 17.2. The number of amides is 1. The van der Waals surface area contributed by atoms with E-state index in [1.807, 2.05) is 33.3 Å². The van der Waals surface area contributed by atoms with Gasteiger partial charge < -0.3 is 28.5 Å². The van der Waals surface area contributed by atoms with Gasteiger partial charge in [-0.15, -0.1) is 0 Å². The molecular weight excluding hydrogens is 1110 g/mol. The van der Waals surface area contributed by atoms with Crippen LogP contribution in [0.5, 0.6) is 0 Å². The molecule has 0 saturated carbocycles. The Labute approximate surface area is 547 Å². The van der Waals surface area contributed by atoms with Crippen molar-refractivity contribution in [1.82, 2.24) is 5.32 Å². The van der Waals surface area contributed by atoms with Crippen LogP contribution in [-0.4, -0.2) is 69.4 Å². The number of esters is 1. The number of likely N-dealkylation sites (N-methyl/N-ethyl adjacent to an activating group) is 1. The highest BCUT2D eigenvalue weighted by molar-refractivity contribution is 7.45. The lowest BCUT2D eigenvalue weighted by Gasteiger charge is -2.30. The topological polar surface area (TPSA) is 114 Å². The van der Waals surface area contributed by atoms with Crippen molar-refractivity contribution in [2.75, 3.05) is 40.9 Å². The van der Waals surface area contributed by atoms with E-state index in [0.29, 0.717) is 17.4 Å². The summed E-state index contributed by atoms with van der Waals surface area (Å²) in [7, 11) is 1.20. The average molecular weight is 1260 g/mol. The van der Waals surface area contributed by atoms with Crippen LogP contribution in [-0.2, 0) is 27.9 Å². The van der Waals surface area contributed by atoms with E-state index in [1.165, 1.54) is 270 Å². The molecule has 0 radical (unpaired) electrons. The maximum Gasteiger partial charge on any atom is 0.306 e. The zero-order valence-corrected chi connectivity index (χ0v) is 60.1. The highest BCUT2D eigenvalue weighted by atomic mass is 31.2. The van der Waals surface area contributed by atoms with E-state index in [1.54, 1.807) is 0 Å². The second-order valence-corrected chi connectivity index (χ2v) is 28.6. The van der Waals surface area contributed by atoms with Crippen molar-refractivity contribution in [3.05, 3.63) is 60.8 Å². The Hall–Kier alpha value is -2.29. The molecule has 1 amide bonds. The van der Waals surface area contributed by atoms with Gasteiger partial charge in [0.15, 0.2) is 0 Å². The first-order chi connectivity index (χ1) is 42.9. The van der Waals surface area contributed by atoms with Gasteiger partial charge in [-0.3, -0.25) is 14.2 Å². The van der Waals surface area contributed by atoms with Crippen LogP contribution in [0.25, 0.3) is 0 Å². The fraction of sp³-hybridized carbons (Fsp3) is 0.846. The van der Waals surface area contributed by atoms with Crippen molar-refractivity contribution in [2.24, 2.45) is 0 Å². The minimum absolute atomic E-state index is 0.0212. The van der Waals surface area contributed by atoms with Crippen LogP contribution in [0.3, 0.4) is 0 Å². The van der Waals surface area contributed by atoms with Crippen LogP contribution < -0.4 is 10.2 Å². The fourth-order valence-electron chi connectivity index (χ4n) is 11.3. The lowest BCUT2D eigenvalue weighted by atomic mass is 10.0. The first-order valence-corrected chi connectivity index (χ1v) is 39.6. The summed E-state index contributed by atoms with van der Waals surface area (Å²) in [6.07, 6.45) is 87.8. The second kappa shape index (κ2) is 67.6. The predicted molar refractivity (Wildman–Crippen MR) is 381 cm³/mol. The molecule has 0 fully saturated rings. The zero-order chi connectivity index (χ0) is 64.2. The van der Waals surface area contributed by atoms with Crippen LogP contribution in [0.2, 0.25) is 0 Å². The fourth-order valence-corrected chi connectivity index (χ4v) is 12.0. The predicted octanol–water partition coefficient (Wildman–Crippen LogP) is 23.9. The Balaban J connectivity index is 4.96. The number of quaternary nitrogens is 1. The summed E-state index contributed by atoms with van der Waals surface area (Å²) >= 11 is 0. The SMILES string of the molecule is CCCCC/C=C\C/C=C\CCCCCCCCCCCCCCCCCC(=O)NC(COP(=O)([O-])OCC[N+](C)(C)C)C(/C=C/CCCCCCCCCCCC)OC(=O)CCCCCCCCCCCCCCCCC/C=C\C/C=C\CCCCC. The molecule has 0 aliphatic heterocycles. The van der Waals surface area contributed by atoms with Gasteiger partial charge in [-0.05, 0) is 96.0 Å². The lowest BCUT2D eigenvalue weighted by Crippen LogP contribution is -2.47. The molecule has 0 saturated heterocycles. The van der Waals surface area contributed by atoms with E-state index >= 15 is 0 Å². The summed E-state index contributed by atoms with van der Waals surface area (Å²) in [4.78, 5) is 40.3. The number of nitrogens with one attached hydrogen (secondary N) is 1. The summed E-state index contributed by atoms with van der Waals surface area (Å²) in [5, 5.41) is 3.05. The van der Waals surface area contributed by atoms with Crippen LogP contribution >= 0.6 is 7.82 Å².